The second-order valence-electron chi connectivity index (χ2n) is 9.88. The number of hydrogen-bond donors (Lipinski definition) is 1. The Morgan fingerprint density at radius 2 is 1.07 bits per heavy atom. The Morgan fingerprint density at radius 3 is 1.37 bits per heavy atom. The molecular weight excluding hydrogens is 414 g/mol. The summed E-state index contributed by atoms with van der Waals surface area (Å²) in [7, 11) is -4.89. The summed E-state index contributed by atoms with van der Waals surface area (Å²) in [6, 6.07) is 0. The van der Waals surface area contributed by atoms with Crippen molar-refractivity contribution < 1.29 is 18.7 Å². The normalized spacial score (nSPS) is 15.8. The first-order chi connectivity index (χ1) is 14.3. The molecule has 2 atom stereocenters. The van der Waals surface area contributed by atoms with Gasteiger partial charge in [0.05, 0.1) is 0 Å². The van der Waals surface area contributed by atoms with E-state index in [9.17, 15) is 9.46 Å². The van der Waals surface area contributed by atoms with Crippen LogP contribution in [0.5, 0.6) is 0 Å². The monoisotopic (exact) mass is 468 g/mol. The van der Waals surface area contributed by atoms with Crippen LogP contribution in [0.25, 0.3) is 0 Å². The van der Waals surface area contributed by atoms with Gasteiger partial charge in [-0.2, -0.15) is 0 Å². The molecule has 0 amide bonds. The summed E-state index contributed by atoms with van der Waals surface area (Å²) in [5.74, 6) is 0. The number of ether oxygens (including phenoxy) is 1. The van der Waals surface area contributed by atoms with Gasteiger partial charge >= 0.3 is 137 Å². The quantitative estimate of drug-likeness (QED) is 0.0985. The zero-order valence-electron chi connectivity index (χ0n) is 20.9. The second kappa shape index (κ2) is 19.0. The first-order valence-corrected chi connectivity index (χ1v) is 17.6. The molecule has 0 saturated carbocycles. The summed E-state index contributed by atoms with van der Waals surface area (Å²) in [4.78, 5) is 9.29. The van der Waals surface area contributed by atoms with E-state index in [-0.39, 0.29) is 0 Å². The molecule has 0 aliphatic carbocycles. The molecule has 0 aliphatic heterocycles. The van der Waals surface area contributed by atoms with Crippen molar-refractivity contribution in [2.75, 3.05) is 26.6 Å². The van der Waals surface area contributed by atoms with Crippen LogP contribution in [-0.2, 0) is 13.8 Å². The van der Waals surface area contributed by atoms with Crippen molar-refractivity contribution in [2.24, 2.45) is 0 Å². The Hall–Kier alpha value is 0.540. The molecule has 0 saturated heterocycles. The van der Waals surface area contributed by atoms with E-state index < -0.39 is 21.0 Å². The standard InChI is InChI=1S/C24H54O4P2/c1-6-8-9-10-11-12-13-14-15-16-17-18-19-20-21-22-23-27-24(7-2,28-29(25)26)30(3,4)5/h29-30H,6-23H2,1-5H3,(H,25,26). The minimum atomic E-state index is -3.00. The van der Waals surface area contributed by atoms with Gasteiger partial charge in [0.1, 0.15) is 0 Å². The van der Waals surface area contributed by atoms with Gasteiger partial charge in [-0.1, -0.05) is 51.9 Å². The topological polar surface area (TPSA) is 55.8 Å². The van der Waals surface area contributed by atoms with E-state index in [1.165, 1.54) is 89.9 Å². The summed E-state index contributed by atoms with van der Waals surface area (Å²) < 4.78 is 22.8. The second-order valence-corrected chi connectivity index (χ2v) is 15.9. The van der Waals surface area contributed by atoms with Gasteiger partial charge in [-0.05, 0) is 0 Å². The first-order valence-electron chi connectivity index (χ1n) is 12.8. The van der Waals surface area contributed by atoms with Crippen molar-refractivity contribution >= 4 is 15.5 Å². The Kier molecular flexibility index (Phi) is 19.4. The van der Waals surface area contributed by atoms with Crippen molar-refractivity contribution in [3.05, 3.63) is 0 Å². The van der Waals surface area contributed by atoms with Crippen LogP contribution in [0.1, 0.15) is 123 Å². The van der Waals surface area contributed by atoms with Gasteiger partial charge in [0, 0.05) is 0 Å². The zero-order valence-corrected chi connectivity index (χ0v) is 22.9. The van der Waals surface area contributed by atoms with Gasteiger partial charge in [0.25, 0.3) is 0 Å². The Morgan fingerprint density at radius 1 is 0.700 bits per heavy atom. The molecule has 0 radical (unpaired) electrons. The average molecular weight is 469 g/mol. The predicted molar refractivity (Wildman–Crippen MR) is 137 cm³/mol. The van der Waals surface area contributed by atoms with Crippen molar-refractivity contribution in [3.8, 4) is 0 Å². The van der Waals surface area contributed by atoms with E-state index in [1.54, 1.807) is 0 Å². The van der Waals surface area contributed by atoms with E-state index in [2.05, 4.69) is 26.9 Å². The SMILES string of the molecule is CCCCCCCCCCCCCCCCCCOC(CC)(O[PH](=O)O)[PH](C)(C)C. The van der Waals surface area contributed by atoms with Crippen LogP contribution in [-0.4, -0.2) is 37.0 Å². The van der Waals surface area contributed by atoms with Gasteiger partial charge < -0.3 is 0 Å². The van der Waals surface area contributed by atoms with E-state index in [1.807, 2.05) is 6.92 Å². The molecule has 1 N–H and O–H groups in total. The van der Waals surface area contributed by atoms with Gasteiger partial charge in [0.2, 0.25) is 0 Å². The third-order valence-electron chi connectivity index (χ3n) is 6.19. The number of rotatable bonds is 22. The van der Waals surface area contributed by atoms with Crippen LogP contribution in [0.3, 0.4) is 0 Å². The molecular formula is C24H54O4P2. The Balaban J connectivity index is 3.59. The number of unbranched alkanes of at least 4 members (excludes halogenated alkanes) is 15. The van der Waals surface area contributed by atoms with Crippen molar-refractivity contribution in [3.63, 3.8) is 0 Å². The minimum absolute atomic E-state index is 0.617. The maximum atomic E-state index is 11.3. The summed E-state index contributed by atoms with van der Waals surface area (Å²) in [6.45, 7) is 11.3. The van der Waals surface area contributed by atoms with Crippen LogP contribution in [0.2, 0.25) is 0 Å². The van der Waals surface area contributed by atoms with Crippen LogP contribution in [0.15, 0.2) is 0 Å². The fourth-order valence-corrected chi connectivity index (χ4v) is 7.70. The Labute approximate surface area is 189 Å². The van der Waals surface area contributed by atoms with E-state index in [0.29, 0.717) is 13.0 Å². The molecule has 0 aromatic carbocycles. The molecule has 6 heteroatoms. The van der Waals surface area contributed by atoms with Gasteiger partial charge in [0.15, 0.2) is 0 Å². The van der Waals surface area contributed by atoms with Crippen LogP contribution in [0, 0.1) is 0 Å². The van der Waals surface area contributed by atoms with E-state index >= 15 is 0 Å². The molecule has 0 fully saturated rings. The molecule has 0 rings (SSSR count). The average Bonchev–Trinajstić information content (AvgIpc) is 2.68. The predicted octanol–water partition coefficient (Wildman–Crippen LogP) is 8.37. The molecule has 0 bridgehead atoms. The van der Waals surface area contributed by atoms with Crippen LogP contribution < -0.4 is 0 Å². The first kappa shape index (κ1) is 30.5. The maximum absolute atomic E-state index is 11.3. The van der Waals surface area contributed by atoms with E-state index in [0.717, 1.165) is 12.8 Å². The van der Waals surface area contributed by atoms with Crippen molar-refractivity contribution in [1.82, 2.24) is 0 Å². The third kappa shape index (κ3) is 15.4. The molecule has 0 aromatic heterocycles. The number of hydrogen-bond acceptors (Lipinski definition) is 3. The summed E-state index contributed by atoms with van der Waals surface area (Å²) in [6.07, 6.45) is 22.2. The summed E-state index contributed by atoms with van der Waals surface area (Å²) >= 11 is 0. The molecule has 0 heterocycles. The van der Waals surface area contributed by atoms with Gasteiger partial charge in [-0.15, -0.1) is 0 Å². The van der Waals surface area contributed by atoms with Crippen molar-refractivity contribution in [2.45, 2.75) is 129 Å². The van der Waals surface area contributed by atoms with Gasteiger partial charge in [-0.3, -0.25) is 0 Å². The molecule has 184 valence electrons. The molecule has 0 aromatic rings. The van der Waals surface area contributed by atoms with Crippen LogP contribution in [0.4, 0.5) is 0 Å². The molecule has 30 heavy (non-hydrogen) atoms. The summed E-state index contributed by atoms with van der Waals surface area (Å²) in [5, 5.41) is 0. The van der Waals surface area contributed by atoms with Gasteiger partial charge in [-0.25, -0.2) is 0 Å². The Bertz CT molecular complexity index is 413. The molecule has 2 unspecified atom stereocenters. The fraction of sp³-hybridized carbons (Fsp3) is 1.00. The van der Waals surface area contributed by atoms with Crippen LogP contribution >= 0.6 is 15.5 Å². The molecule has 0 spiro atoms. The fourth-order valence-electron chi connectivity index (χ4n) is 4.13. The molecule has 4 nitrogen and oxygen atoms in total. The van der Waals surface area contributed by atoms with Crippen molar-refractivity contribution in [1.29, 1.82) is 0 Å². The summed E-state index contributed by atoms with van der Waals surface area (Å²) in [5.41, 5.74) is -0.840. The van der Waals surface area contributed by atoms with E-state index in [4.69, 9.17) is 9.26 Å². The molecule has 0 aliphatic rings. The zero-order chi connectivity index (χ0) is 22.7. The third-order valence-corrected chi connectivity index (χ3v) is 9.79.